The van der Waals surface area contributed by atoms with E-state index in [-0.39, 0.29) is 18.4 Å². The number of aromatic nitrogens is 1. The Kier molecular flexibility index (Phi) is 4.96. The Morgan fingerprint density at radius 3 is 2.58 bits per heavy atom. The van der Waals surface area contributed by atoms with Crippen LogP contribution in [0.5, 0.6) is 5.75 Å². The van der Waals surface area contributed by atoms with E-state index in [0.29, 0.717) is 18.7 Å². The number of carbonyl (C=O) groups excluding carboxylic acids is 2. The molecule has 0 saturated heterocycles. The number of nitrogens with zero attached hydrogens (tertiary/aromatic N) is 3. The van der Waals surface area contributed by atoms with Gasteiger partial charge in [-0.1, -0.05) is 12.2 Å². The highest BCUT2D eigenvalue weighted by molar-refractivity contribution is 5.99. The maximum absolute atomic E-state index is 13.8. The first-order valence-corrected chi connectivity index (χ1v) is 9.32. The number of pyridine rings is 1. The van der Waals surface area contributed by atoms with Crippen molar-refractivity contribution in [3.63, 3.8) is 0 Å². The molecule has 2 amide bonds. The summed E-state index contributed by atoms with van der Waals surface area (Å²) in [6, 6.07) is 0.711. The molecule has 162 valence electrons. The maximum Gasteiger partial charge on any atom is 0.278 e. The van der Waals surface area contributed by atoms with Crippen LogP contribution < -0.4 is 15.8 Å². The van der Waals surface area contributed by atoms with Crippen LogP contribution in [0.25, 0.3) is 0 Å². The number of halogens is 3. The summed E-state index contributed by atoms with van der Waals surface area (Å²) in [6.45, 7) is 1.63. The number of benzene rings is 1. The van der Waals surface area contributed by atoms with Gasteiger partial charge in [0.15, 0.2) is 11.4 Å². The average Bonchev–Trinajstić information content (AvgIpc) is 2.87. The van der Waals surface area contributed by atoms with Gasteiger partial charge in [0.2, 0.25) is 5.43 Å². The fourth-order valence-corrected chi connectivity index (χ4v) is 3.56. The zero-order valence-corrected chi connectivity index (χ0v) is 16.2. The van der Waals surface area contributed by atoms with Gasteiger partial charge >= 0.3 is 0 Å². The van der Waals surface area contributed by atoms with E-state index in [1.54, 1.807) is 11.1 Å². The molecule has 0 radical (unpaired) electrons. The molecule has 11 heteroatoms. The molecule has 3 heterocycles. The molecular weight excluding hydrogens is 417 g/mol. The van der Waals surface area contributed by atoms with E-state index < -0.39 is 58.1 Å². The second kappa shape index (κ2) is 7.49. The van der Waals surface area contributed by atoms with Crippen LogP contribution in [0.3, 0.4) is 0 Å². The molecule has 2 N–H and O–H groups in total. The van der Waals surface area contributed by atoms with Crippen LogP contribution >= 0.6 is 0 Å². The van der Waals surface area contributed by atoms with Crippen molar-refractivity contribution in [2.45, 2.75) is 19.5 Å². The van der Waals surface area contributed by atoms with Crippen LogP contribution in [0.2, 0.25) is 0 Å². The van der Waals surface area contributed by atoms with Crippen molar-refractivity contribution in [3.8, 4) is 5.75 Å². The number of nitrogens with one attached hydrogen (secondary N) is 1. The lowest BCUT2D eigenvalue weighted by atomic mass is 10.1. The number of hydrogen-bond donors (Lipinski definition) is 2. The molecule has 2 bridgehead atoms. The summed E-state index contributed by atoms with van der Waals surface area (Å²) in [5.74, 6) is -6.00. The first kappa shape index (κ1) is 20.5. The fourth-order valence-electron chi connectivity index (χ4n) is 3.56. The predicted molar refractivity (Wildman–Crippen MR) is 103 cm³/mol. The predicted octanol–water partition coefficient (Wildman–Crippen LogP) is 1.21. The van der Waals surface area contributed by atoms with E-state index in [4.69, 9.17) is 0 Å². The van der Waals surface area contributed by atoms with E-state index in [9.17, 15) is 32.7 Å². The van der Waals surface area contributed by atoms with Gasteiger partial charge in [0, 0.05) is 37.0 Å². The van der Waals surface area contributed by atoms with Gasteiger partial charge in [-0.2, -0.15) is 0 Å². The van der Waals surface area contributed by atoms with Crippen molar-refractivity contribution in [3.05, 3.63) is 75.0 Å². The number of aromatic hydroxyl groups is 1. The van der Waals surface area contributed by atoms with Crippen LogP contribution in [-0.2, 0) is 6.54 Å². The Bertz CT molecular complexity index is 1170. The smallest absolute Gasteiger partial charge is 0.278 e. The molecule has 0 fully saturated rings. The maximum atomic E-state index is 13.8. The molecule has 0 unspecified atom stereocenters. The van der Waals surface area contributed by atoms with Crippen molar-refractivity contribution >= 4 is 11.8 Å². The molecule has 2 aromatic rings. The third-order valence-corrected chi connectivity index (χ3v) is 5.23. The second-order valence-electron chi connectivity index (χ2n) is 7.22. The molecule has 1 aromatic heterocycles. The van der Waals surface area contributed by atoms with Gasteiger partial charge in [0.1, 0.15) is 29.7 Å². The lowest BCUT2D eigenvalue weighted by Gasteiger charge is -2.40. The zero-order valence-electron chi connectivity index (χ0n) is 16.2. The Morgan fingerprint density at radius 2 is 1.90 bits per heavy atom. The normalized spacial score (nSPS) is 17.4. The van der Waals surface area contributed by atoms with Gasteiger partial charge in [-0.3, -0.25) is 24.1 Å². The Balaban J connectivity index is 1.70. The summed E-state index contributed by atoms with van der Waals surface area (Å²) < 4.78 is 41.9. The van der Waals surface area contributed by atoms with Crippen molar-refractivity contribution in [1.29, 1.82) is 0 Å². The number of rotatable bonds is 3. The number of amides is 2. The van der Waals surface area contributed by atoms with Crippen LogP contribution in [-0.4, -0.2) is 45.8 Å². The number of fused-ring (bicyclic) bond motifs is 4. The summed E-state index contributed by atoms with van der Waals surface area (Å²) >= 11 is 0. The van der Waals surface area contributed by atoms with E-state index in [1.807, 2.05) is 13.0 Å². The lowest BCUT2D eigenvalue weighted by molar-refractivity contribution is 0.0707. The minimum Gasteiger partial charge on any atom is -0.502 e. The lowest BCUT2D eigenvalue weighted by Crippen LogP contribution is -2.56. The molecule has 0 spiro atoms. The molecular formula is C20H17F3N4O4. The van der Waals surface area contributed by atoms with Crippen molar-refractivity contribution in [2.75, 3.05) is 18.2 Å². The average molecular weight is 434 g/mol. The van der Waals surface area contributed by atoms with Crippen LogP contribution in [0, 0.1) is 17.5 Å². The van der Waals surface area contributed by atoms with Gasteiger partial charge in [-0.25, -0.2) is 13.2 Å². The third kappa shape index (κ3) is 3.41. The van der Waals surface area contributed by atoms with E-state index in [0.717, 1.165) is 6.20 Å². The van der Waals surface area contributed by atoms with Gasteiger partial charge in [-0.05, 0) is 6.92 Å². The van der Waals surface area contributed by atoms with Gasteiger partial charge in [0.05, 0.1) is 6.04 Å². The summed E-state index contributed by atoms with van der Waals surface area (Å²) in [5, 5.41) is 14.3. The Labute approximate surface area is 173 Å². The number of carbonyl (C=O) groups is 2. The van der Waals surface area contributed by atoms with E-state index in [2.05, 4.69) is 5.32 Å². The molecule has 0 aliphatic carbocycles. The van der Waals surface area contributed by atoms with Crippen LogP contribution in [0.15, 0.2) is 35.3 Å². The first-order valence-electron chi connectivity index (χ1n) is 9.32. The van der Waals surface area contributed by atoms with Crippen LogP contribution in [0.1, 0.15) is 33.3 Å². The van der Waals surface area contributed by atoms with Crippen molar-refractivity contribution in [2.24, 2.45) is 0 Å². The summed E-state index contributed by atoms with van der Waals surface area (Å²) in [7, 11) is 0. The van der Waals surface area contributed by atoms with Crippen LogP contribution in [0.4, 0.5) is 13.2 Å². The quantitative estimate of drug-likeness (QED) is 0.709. The minimum atomic E-state index is -1.20. The fraction of sp³-hybridized carbons (Fsp3) is 0.250. The molecule has 1 aromatic carbocycles. The molecule has 2 aliphatic heterocycles. The molecule has 1 atom stereocenters. The summed E-state index contributed by atoms with van der Waals surface area (Å²) in [6.07, 6.45) is 4.72. The van der Waals surface area contributed by atoms with Gasteiger partial charge in [0.25, 0.3) is 11.8 Å². The molecule has 0 saturated carbocycles. The summed E-state index contributed by atoms with van der Waals surface area (Å²) in [4.78, 5) is 39.3. The van der Waals surface area contributed by atoms with E-state index in [1.165, 1.54) is 9.58 Å². The minimum absolute atomic E-state index is 0.162. The second-order valence-corrected chi connectivity index (χ2v) is 7.22. The molecule has 4 rings (SSSR count). The molecule has 31 heavy (non-hydrogen) atoms. The highest BCUT2D eigenvalue weighted by Gasteiger charge is 2.36. The largest absolute Gasteiger partial charge is 0.502 e. The first-order chi connectivity index (χ1) is 14.7. The highest BCUT2D eigenvalue weighted by atomic mass is 19.1. The third-order valence-electron chi connectivity index (χ3n) is 5.23. The topological polar surface area (TPSA) is 94.9 Å². The molecule has 2 aliphatic rings. The number of hydrogen-bond acceptors (Lipinski definition) is 5. The zero-order chi connectivity index (χ0) is 22.4. The Hall–Kier alpha value is -3.76. The molecule has 8 nitrogen and oxygen atoms in total. The van der Waals surface area contributed by atoms with Gasteiger partial charge < -0.3 is 15.3 Å². The van der Waals surface area contributed by atoms with Crippen molar-refractivity contribution < 1.29 is 27.9 Å². The Morgan fingerprint density at radius 1 is 1.23 bits per heavy atom. The van der Waals surface area contributed by atoms with Crippen molar-refractivity contribution in [1.82, 2.24) is 14.9 Å². The summed E-state index contributed by atoms with van der Waals surface area (Å²) in [5.41, 5.74) is -2.49. The highest BCUT2D eigenvalue weighted by Crippen LogP contribution is 2.24. The monoisotopic (exact) mass is 434 g/mol. The van der Waals surface area contributed by atoms with Gasteiger partial charge in [-0.15, -0.1) is 0 Å². The standard InChI is InChI=1S/C20H17F3N4O4/c1-10-3-2-4-25-9-27(10)26-8-13(17(28)18(29)16(26)20(25)31)19(30)24-7-12-14(22)5-11(21)6-15(12)23/h2-3,5-6,8,10,29H,4,7,9H2,1H3,(H,24,30)/t10-/m1/s1. The SMILES string of the molecule is C[C@@H]1C=CCN2CN1n1cc(C(=O)NCc3c(F)cc(F)cc3F)c(=O)c(O)c1C2=O. The van der Waals surface area contributed by atoms with E-state index >= 15 is 0 Å².